The summed E-state index contributed by atoms with van der Waals surface area (Å²) < 4.78 is 0. The van der Waals surface area contributed by atoms with Crippen molar-refractivity contribution in [2.75, 3.05) is 13.1 Å². The molecule has 0 aromatic heterocycles. The third kappa shape index (κ3) is 2.70. The molecular weight excluding hydrogens is 158 g/mol. The van der Waals surface area contributed by atoms with Crippen molar-refractivity contribution in [2.45, 2.75) is 51.4 Å². The van der Waals surface area contributed by atoms with E-state index < -0.39 is 0 Å². The van der Waals surface area contributed by atoms with E-state index in [0.717, 1.165) is 18.4 Å². The lowest BCUT2D eigenvalue weighted by Crippen LogP contribution is -2.17. The lowest BCUT2D eigenvalue weighted by atomic mass is 9.81. The second-order valence-electron chi connectivity index (χ2n) is 4.78. The molecule has 0 bridgehead atoms. The minimum atomic E-state index is 0.970. The third-order valence-electron chi connectivity index (χ3n) is 3.84. The van der Waals surface area contributed by atoms with Crippen molar-refractivity contribution in [3.05, 3.63) is 0 Å². The van der Waals surface area contributed by atoms with Gasteiger partial charge in [-0.1, -0.05) is 44.9 Å². The van der Waals surface area contributed by atoms with Crippen LogP contribution in [0, 0.1) is 11.8 Å². The van der Waals surface area contributed by atoms with Gasteiger partial charge in [0.2, 0.25) is 0 Å². The predicted octanol–water partition coefficient (Wildman–Crippen LogP) is 2.97. The fraction of sp³-hybridized carbons (Fsp3) is 1.00. The summed E-state index contributed by atoms with van der Waals surface area (Å²) in [5.41, 5.74) is 0. The number of hydrogen-bond acceptors (Lipinski definition) is 0. The highest BCUT2D eigenvalue weighted by Gasteiger charge is 2.25. The molecule has 0 aromatic rings. The summed E-state index contributed by atoms with van der Waals surface area (Å²) in [6.07, 6.45) is 11.8. The molecule has 1 saturated heterocycles. The Morgan fingerprint density at radius 2 is 1.38 bits per heavy atom. The van der Waals surface area contributed by atoms with Gasteiger partial charge in [0.1, 0.15) is 0 Å². The summed E-state index contributed by atoms with van der Waals surface area (Å²) in [5.74, 6) is 2.00. The Bertz CT molecular complexity index is 130. The zero-order chi connectivity index (χ0) is 8.93. The average molecular weight is 180 g/mol. The second kappa shape index (κ2) is 4.99. The van der Waals surface area contributed by atoms with Crippen molar-refractivity contribution in [3.63, 3.8) is 0 Å². The largest absolute Gasteiger partial charge is 0.241 e. The van der Waals surface area contributed by atoms with Crippen LogP contribution < -0.4 is 5.32 Å². The Balaban J connectivity index is 1.80. The molecule has 1 nitrogen and oxygen atoms in total. The minimum Gasteiger partial charge on any atom is -0.241 e. The maximum absolute atomic E-state index is 4.49. The van der Waals surface area contributed by atoms with Crippen molar-refractivity contribution < 1.29 is 0 Å². The highest BCUT2D eigenvalue weighted by molar-refractivity contribution is 4.78. The molecule has 1 saturated carbocycles. The third-order valence-corrected chi connectivity index (χ3v) is 3.84. The Labute approximate surface area is 82.3 Å². The van der Waals surface area contributed by atoms with Crippen LogP contribution in [0.1, 0.15) is 51.4 Å². The Morgan fingerprint density at radius 3 is 2.00 bits per heavy atom. The topological polar surface area (TPSA) is 14.1 Å². The van der Waals surface area contributed by atoms with Crippen molar-refractivity contribution in [2.24, 2.45) is 11.8 Å². The first kappa shape index (κ1) is 9.51. The molecule has 0 N–H and O–H groups in total. The summed E-state index contributed by atoms with van der Waals surface area (Å²) in [4.78, 5) is 0. The van der Waals surface area contributed by atoms with Gasteiger partial charge in [0.15, 0.2) is 0 Å². The van der Waals surface area contributed by atoms with Gasteiger partial charge >= 0.3 is 0 Å². The molecule has 1 radical (unpaired) electrons. The summed E-state index contributed by atoms with van der Waals surface area (Å²) >= 11 is 0. The highest BCUT2D eigenvalue weighted by atomic mass is 14.9. The molecule has 1 unspecified atom stereocenters. The van der Waals surface area contributed by atoms with Crippen LogP contribution >= 0.6 is 0 Å². The standard InChI is InChI=1S/C12H22N/c1-2-4-6-11(7-5-3-1)12-8-9-13-10-12/h11-12H,1-10H2. The molecule has 75 valence electrons. The number of rotatable bonds is 1. The van der Waals surface area contributed by atoms with Crippen LogP contribution in [-0.4, -0.2) is 13.1 Å². The number of nitrogens with zero attached hydrogens (tertiary/aromatic N) is 1. The maximum Gasteiger partial charge on any atom is 0.0164 e. The summed E-state index contributed by atoms with van der Waals surface area (Å²) in [6.45, 7) is 2.34. The van der Waals surface area contributed by atoms with E-state index in [1.54, 1.807) is 0 Å². The first-order valence-electron chi connectivity index (χ1n) is 6.10. The fourth-order valence-corrected chi connectivity index (χ4v) is 2.95. The van der Waals surface area contributed by atoms with Crippen molar-refractivity contribution in [3.8, 4) is 0 Å². The van der Waals surface area contributed by atoms with Crippen LogP contribution in [0.2, 0.25) is 0 Å². The van der Waals surface area contributed by atoms with E-state index in [1.165, 1.54) is 57.9 Å². The maximum atomic E-state index is 4.49. The summed E-state index contributed by atoms with van der Waals surface area (Å²) in [5, 5.41) is 4.49. The molecule has 0 spiro atoms. The van der Waals surface area contributed by atoms with Crippen molar-refractivity contribution in [1.29, 1.82) is 0 Å². The molecule has 0 aromatic carbocycles. The average Bonchev–Trinajstić information content (AvgIpc) is 2.55. The first-order chi connectivity index (χ1) is 6.47. The zero-order valence-electron chi connectivity index (χ0n) is 8.67. The molecule has 0 amide bonds. The monoisotopic (exact) mass is 180 g/mol. The molecule has 2 rings (SSSR count). The molecule has 1 aliphatic heterocycles. The van der Waals surface area contributed by atoms with Crippen LogP contribution in [-0.2, 0) is 0 Å². The van der Waals surface area contributed by atoms with E-state index in [0.29, 0.717) is 0 Å². The van der Waals surface area contributed by atoms with Gasteiger partial charge < -0.3 is 0 Å². The van der Waals surface area contributed by atoms with Gasteiger partial charge in [-0.05, 0) is 18.3 Å². The predicted molar refractivity (Wildman–Crippen MR) is 55.8 cm³/mol. The molecule has 1 aliphatic carbocycles. The van der Waals surface area contributed by atoms with Crippen LogP contribution in [0.3, 0.4) is 0 Å². The SMILES string of the molecule is C1CCCC(C2CC[N]C2)CCC1. The van der Waals surface area contributed by atoms with Crippen LogP contribution in [0.25, 0.3) is 0 Å². The van der Waals surface area contributed by atoms with E-state index in [1.807, 2.05) is 0 Å². The van der Waals surface area contributed by atoms with Crippen LogP contribution in [0.15, 0.2) is 0 Å². The first-order valence-corrected chi connectivity index (χ1v) is 6.10. The van der Waals surface area contributed by atoms with E-state index in [9.17, 15) is 0 Å². The van der Waals surface area contributed by atoms with Gasteiger partial charge in [-0.25, -0.2) is 5.32 Å². The molecule has 2 aliphatic rings. The minimum absolute atomic E-state index is 0.970. The lowest BCUT2D eigenvalue weighted by molar-refractivity contribution is 0.280. The quantitative estimate of drug-likeness (QED) is 0.589. The molecule has 1 heteroatoms. The molecule has 2 fully saturated rings. The van der Waals surface area contributed by atoms with E-state index in [4.69, 9.17) is 0 Å². The van der Waals surface area contributed by atoms with E-state index in [-0.39, 0.29) is 0 Å². The molecular formula is C12H22N. The molecule has 1 heterocycles. The fourth-order valence-electron chi connectivity index (χ4n) is 2.95. The van der Waals surface area contributed by atoms with E-state index in [2.05, 4.69) is 5.32 Å². The van der Waals surface area contributed by atoms with Gasteiger partial charge in [0, 0.05) is 13.1 Å². The Kier molecular flexibility index (Phi) is 3.65. The van der Waals surface area contributed by atoms with Crippen LogP contribution in [0.4, 0.5) is 0 Å². The van der Waals surface area contributed by atoms with Crippen molar-refractivity contribution in [1.82, 2.24) is 5.32 Å². The Hall–Kier alpha value is -0.0400. The van der Waals surface area contributed by atoms with Gasteiger partial charge in [0.25, 0.3) is 0 Å². The summed E-state index contributed by atoms with van der Waals surface area (Å²) in [6, 6.07) is 0. The lowest BCUT2D eigenvalue weighted by Gasteiger charge is -2.24. The molecule has 1 atom stereocenters. The number of hydrogen-bond donors (Lipinski definition) is 0. The normalized spacial score (nSPS) is 32.8. The van der Waals surface area contributed by atoms with Crippen LogP contribution in [0.5, 0.6) is 0 Å². The van der Waals surface area contributed by atoms with Gasteiger partial charge in [-0.2, -0.15) is 0 Å². The van der Waals surface area contributed by atoms with E-state index >= 15 is 0 Å². The van der Waals surface area contributed by atoms with Gasteiger partial charge in [0.05, 0.1) is 0 Å². The molecule has 13 heavy (non-hydrogen) atoms. The summed E-state index contributed by atoms with van der Waals surface area (Å²) in [7, 11) is 0. The second-order valence-corrected chi connectivity index (χ2v) is 4.78. The van der Waals surface area contributed by atoms with Crippen molar-refractivity contribution >= 4 is 0 Å². The zero-order valence-corrected chi connectivity index (χ0v) is 8.67. The highest BCUT2D eigenvalue weighted by Crippen LogP contribution is 2.31. The smallest absolute Gasteiger partial charge is 0.0164 e. The Morgan fingerprint density at radius 1 is 0.692 bits per heavy atom. The van der Waals surface area contributed by atoms with Gasteiger partial charge in [-0.15, -0.1) is 0 Å². The van der Waals surface area contributed by atoms with Gasteiger partial charge in [-0.3, -0.25) is 0 Å².